The third-order valence-electron chi connectivity index (χ3n) is 9.27. The third kappa shape index (κ3) is 3.22. The normalized spacial score (nSPS) is 36.2. The minimum Gasteiger partial charge on any atom is -0.477 e. The molecular weight excluding hydrogens is 434 g/mol. The zero-order valence-electron chi connectivity index (χ0n) is 20.8. The number of hydrogen-bond donors (Lipinski definition) is 2. The van der Waals surface area contributed by atoms with Crippen LogP contribution >= 0.6 is 0 Å². The first-order valence-corrected chi connectivity index (χ1v) is 12.6. The predicted molar refractivity (Wildman–Crippen MR) is 127 cm³/mol. The third-order valence-corrected chi connectivity index (χ3v) is 9.27. The minimum absolute atomic E-state index is 0.0169. The Balaban J connectivity index is 1.59. The van der Waals surface area contributed by atoms with Crippen molar-refractivity contribution in [1.82, 2.24) is 4.90 Å². The molecule has 2 saturated carbocycles. The molecule has 186 valence electrons. The van der Waals surface area contributed by atoms with Crippen molar-refractivity contribution in [2.24, 2.45) is 11.7 Å². The number of piperidine rings is 1. The largest absolute Gasteiger partial charge is 0.477 e. The summed E-state index contributed by atoms with van der Waals surface area (Å²) in [6.45, 7) is 6.77. The van der Waals surface area contributed by atoms with Crippen LogP contribution in [0.2, 0.25) is 0 Å². The SMILES string of the molecule is Cc1ccc(OC(=O)N(C)CCN)c2c1[C@]13CC[N@+](C)(CC4CC4)[C@H](C)[C@]1(O)CCC(=O)[C@@H]3O2. The number of ketones is 1. The van der Waals surface area contributed by atoms with Gasteiger partial charge in [0.2, 0.25) is 0 Å². The minimum atomic E-state index is -1.09. The quantitative estimate of drug-likeness (QED) is 0.637. The van der Waals surface area contributed by atoms with E-state index in [1.807, 2.05) is 13.0 Å². The predicted octanol–water partition coefficient (Wildman–Crippen LogP) is 2.13. The van der Waals surface area contributed by atoms with Gasteiger partial charge in [-0.05, 0) is 44.7 Å². The van der Waals surface area contributed by atoms with Crippen LogP contribution in [0.25, 0.3) is 0 Å². The second-order valence-corrected chi connectivity index (χ2v) is 11.3. The number of likely N-dealkylation sites (N-methyl/N-ethyl adjacent to an activating group) is 2. The van der Waals surface area contributed by atoms with Crippen LogP contribution < -0.4 is 15.2 Å². The van der Waals surface area contributed by atoms with Gasteiger partial charge in [0.05, 0.1) is 25.6 Å². The highest BCUT2D eigenvalue weighted by Gasteiger charge is 2.73. The van der Waals surface area contributed by atoms with Crippen molar-refractivity contribution < 1.29 is 28.7 Å². The van der Waals surface area contributed by atoms with E-state index in [9.17, 15) is 14.7 Å². The molecule has 2 aliphatic heterocycles. The lowest BCUT2D eigenvalue weighted by Gasteiger charge is -2.61. The van der Waals surface area contributed by atoms with Gasteiger partial charge in [-0.3, -0.25) is 4.79 Å². The number of rotatable bonds is 5. The molecule has 0 radical (unpaired) electrons. The zero-order valence-corrected chi connectivity index (χ0v) is 20.8. The summed E-state index contributed by atoms with van der Waals surface area (Å²) in [5, 5.41) is 12.5. The van der Waals surface area contributed by atoms with Crippen molar-refractivity contribution >= 4 is 11.9 Å². The Morgan fingerprint density at radius 1 is 1.35 bits per heavy atom. The Morgan fingerprint density at radius 3 is 2.76 bits per heavy atom. The standard InChI is InChI=1S/C26H38N3O5/c1-16-5-8-20(33-24(31)28(3)13-12-27)22-21(16)25-11-14-29(4,15-18-6-7-18)17(2)26(25,32)10-9-19(30)23(25)34-22/h5,8,17-18,23,32H,6-7,9-15,27H2,1-4H3/q+1/t17-,23+,25+,26-,29-/m1/s1. The molecule has 1 amide bonds. The molecule has 1 aromatic carbocycles. The molecule has 5 atom stereocenters. The van der Waals surface area contributed by atoms with Crippen LogP contribution in [0.15, 0.2) is 12.1 Å². The molecule has 2 aliphatic carbocycles. The summed E-state index contributed by atoms with van der Waals surface area (Å²) in [5.74, 6) is 1.47. The molecule has 3 fully saturated rings. The van der Waals surface area contributed by atoms with E-state index in [0.29, 0.717) is 37.4 Å². The fraction of sp³-hybridized carbons (Fsp3) is 0.692. The maximum absolute atomic E-state index is 13.3. The van der Waals surface area contributed by atoms with Gasteiger partial charge in [0.1, 0.15) is 11.6 Å². The number of quaternary nitrogens is 1. The average molecular weight is 473 g/mol. The number of nitrogens with zero attached hydrogens (tertiary/aromatic N) is 2. The second kappa shape index (κ2) is 7.93. The number of aliphatic hydroxyl groups is 1. The summed E-state index contributed by atoms with van der Waals surface area (Å²) >= 11 is 0. The van der Waals surface area contributed by atoms with Crippen LogP contribution in [-0.4, -0.2) is 84.4 Å². The van der Waals surface area contributed by atoms with Crippen LogP contribution in [-0.2, 0) is 10.2 Å². The molecule has 0 unspecified atom stereocenters. The number of aryl methyl sites for hydroxylation is 1. The maximum atomic E-state index is 13.3. The zero-order chi connectivity index (χ0) is 24.5. The summed E-state index contributed by atoms with van der Waals surface area (Å²) in [6.07, 6.45) is 2.61. The molecule has 0 bridgehead atoms. The highest BCUT2D eigenvalue weighted by atomic mass is 16.6. The molecule has 1 saturated heterocycles. The molecule has 5 rings (SSSR count). The van der Waals surface area contributed by atoms with Gasteiger partial charge in [0.25, 0.3) is 0 Å². The van der Waals surface area contributed by atoms with Crippen molar-refractivity contribution in [3.63, 3.8) is 0 Å². The second-order valence-electron chi connectivity index (χ2n) is 11.3. The molecule has 8 nitrogen and oxygen atoms in total. The number of carbonyl (C=O) groups excluding carboxylic acids is 2. The number of ether oxygens (including phenoxy) is 2. The number of fused-ring (bicyclic) bond motifs is 1. The van der Waals surface area contributed by atoms with Crippen LogP contribution in [0.1, 0.15) is 50.2 Å². The number of nitrogens with two attached hydrogens (primary N) is 1. The van der Waals surface area contributed by atoms with E-state index in [-0.39, 0.29) is 18.2 Å². The van der Waals surface area contributed by atoms with E-state index in [0.717, 1.165) is 34.6 Å². The van der Waals surface area contributed by atoms with Gasteiger partial charge in [-0.1, -0.05) is 6.07 Å². The Labute approximate surface area is 201 Å². The van der Waals surface area contributed by atoms with Crippen LogP contribution in [0.4, 0.5) is 4.79 Å². The van der Waals surface area contributed by atoms with E-state index < -0.39 is 23.2 Å². The van der Waals surface area contributed by atoms with E-state index in [4.69, 9.17) is 15.2 Å². The lowest BCUT2D eigenvalue weighted by atomic mass is 9.52. The Hall–Kier alpha value is -2.16. The van der Waals surface area contributed by atoms with Crippen LogP contribution in [0.3, 0.4) is 0 Å². The van der Waals surface area contributed by atoms with E-state index in [2.05, 4.69) is 14.0 Å². The van der Waals surface area contributed by atoms with Gasteiger partial charge < -0.3 is 29.7 Å². The average Bonchev–Trinajstić information content (AvgIpc) is 3.52. The van der Waals surface area contributed by atoms with Crippen molar-refractivity contribution in [1.29, 1.82) is 0 Å². The summed E-state index contributed by atoms with van der Waals surface area (Å²) in [7, 11) is 3.89. The molecule has 3 N–H and O–H groups in total. The van der Waals surface area contributed by atoms with Gasteiger partial charge in [-0.2, -0.15) is 0 Å². The van der Waals surface area contributed by atoms with Crippen molar-refractivity contribution in [3.05, 3.63) is 23.3 Å². The first-order chi connectivity index (χ1) is 16.1. The molecule has 0 aromatic heterocycles. The fourth-order valence-corrected chi connectivity index (χ4v) is 7.01. The van der Waals surface area contributed by atoms with Gasteiger partial charge in [0, 0.05) is 44.5 Å². The molecule has 2 heterocycles. The van der Waals surface area contributed by atoms with Crippen molar-refractivity contribution in [2.75, 3.05) is 40.3 Å². The number of Topliss-reactive ketones (excluding diaryl/α,β-unsaturated/α-hetero) is 1. The molecular formula is C26H38N3O5+. The van der Waals surface area contributed by atoms with Gasteiger partial charge in [0.15, 0.2) is 23.4 Å². The number of likely N-dealkylation sites (tertiary alicyclic amines) is 1. The Bertz CT molecular complexity index is 1030. The summed E-state index contributed by atoms with van der Waals surface area (Å²) in [6, 6.07) is 3.58. The topological polar surface area (TPSA) is 102 Å². The van der Waals surface area contributed by atoms with Crippen molar-refractivity contribution in [3.8, 4) is 11.5 Å². The molecule has 8 heteroatoms. The van der Waals surface area contributed by atoms with Gasteiger partial charge in [-0.15, -0.1) is 0 Å². The first-order valence-electron chi connectivity index (χ1n) is 12.6. The number of amides is 1. The van der Waals surface area contributed by atoms with Gasteiger partial charge in [-0.25, -0.2) is 4.79 Å². The smallest absolute Gasteiger partial charge is 0.415 e. The maximum Gasteiger partial charge on any atom is 0.415 e. The van der Waals surface area contributed by atoms with E-state index in [1.54, 1.807) is 13.1 Å². The van der Waals surface area contributed by atoms with Crippen molar-refractivity contribution in [2.45, 2.75) is 69.1 Å². The highest BCUT2D eigenvalue weighted by molar-refractivity contribution is 5.89. The first kappa shape index (κ1) is 23.6. The molecule has 34 heavy (non-hydrogen) atoms. The van der Waals surface area contributed by atoms with E-state index >= 15 is 0 Å². The molecule has 1 aromatic rings. The number of hydrogen-bond acceptors (Lipinski definition) is 6. The number of carbonyl (C=O) groups is 2. The summed E-state index contributed by atoms with van der Waals surface area (Å²) in [4.78, 5) is 27.3. The highest BCUT2D eigenvalue weighted by Crippen LogP contribution is 2.63. The molecule has 4 aliphatic rings. The summed E-state index contributed by atoms with van der Waals surface area (Å²) in [5.41, 5.74) is 5.43. The monoisotopic (exact) mass is 472 g/mol. The fourth-order valence-electron chi connectivity index (χ4n) is 7.01. The molecule has 1 spiro atoms. The van der Waals surface area contributed by atoms with Gasteiger partial charge >= 0.3 is 6.09 Å². The Kier molecular flexibility index (Phi) is 5.50. The van der Waals surface area contributed by atoms with Crippen LogP contribution in [0, 0.1) is 12.8 Å². The van der Waals surface area contributed by atoms with E-state index in [1.165, 1.54) is 17.7 Å². The summed E-state index contributed by atoms with van der Waals surface area (Å²) < 4.78 is 12.9. The van der Waals surface area contributed by atoms with Crippen LogP contribution in [0.5, 0.6) is 11.5 Å². The Morgan fingerprint density at radius 2 is 2.09 bits per heavy atom. The lowest BCUT2D eigenvalue weighted by Crippen LogP contribution is -2.78. The lowest BCUT2D eigenvalue weighted by molar-refractivity contribution is -0.948. The number of benzene rings is 1.